The van der Waals surface area contributed by atoms with Crippen molar-refractivity contribution in [2.24, 2.45) is 11.7 Å². The van der Waals surface area contributed by atoms with Crippen LogP contribution in [0.5, 0.6) is 0 Å². The average Bonchev–Trinajstić information content (AvgIpc) is 2.42. The summed E-state index contributed by atoms with van der Waals surface area (Å²) in [5, 5.41) is 6.33. The molecular formula is C13H16ClN3O2. The molecule has 1 fully saturated rings. The molecule has 2 amide bonds. The highest BCUT2D eigenvalue weighted by atomic mass is 35.5. The first kappa shape index (κ1) is 13.8. The van der Waals surface area contributed by atoms with Crippen molar-refractivity contribution in [3.05, 3.63) is 28.8 Å². The largest absolute Gasteiger partial charge is 0.366 e. The molecule has 1 aliphatic heterocycles. The van der Waals surface area contributed by atoms with Crippen LogP contribution in [0.4, 0.5) is 5.69 Å². The van der Waals surface area contributed by atoms with E-state index in [-0.39, 0.29) is 11.8 Å². The average molecular weight is 282 g/mol. The molecule has 1 aromatic carbocycles. The van der Waals surface area contributed by atoms with Gasteiger partial charge in [-0.25, -0.2) is 0 Å². The molecule has 1 aliphatic rings. The number of benzene rings is 1. The topological polar surface area (TPSA) is 84.2 Å². The Morgan fingerprint density at radius 3 is 2.84 bits per heavy atom. The van der Waals surface area contributed by atoms with Crippen molar-refractivity contribution in [1.82, 2.24) is 5.32 Å². The van der Waals surface area contributed by atoms with Gasteiger partial charge >= 0.3 is 0 Å². The van der Waals surface area contributed by atoms with Crippen LogP contribution in [0.2, 0.25) is 5.02 Å². The van der Waals surface area contributed by atoms with E-state index in [0.29, 0.717) is 22.8 Å². The van der Waals surface area contributed by atoms with Crippen LogP contribution in [-0.2, 0) is 4.79 Å². The van der Waals surface area contributed by atoms with E-state index in [1.54, 1.807) is 6.07 Å². The van der Waals surface area contributed by atoms with Crippen LogP contribution in [0.25, 0.3) is 0 Å². The number of hydrogen-bond donors (Lipinski definition) is 3. The molecule has 1 saturated heterocycles. The van der Waals surface area contributed by atoms with Crippen LogP contribution >= 0.6 is 11.6 Å². The lowest BCUT2D eigenvalue weighted by Crippen LogP contribution is -2.37. The third-order valence-corrected chi connectivity index (χ3v) is 3.51. The van der Waals surface area contributed by atoms with Gasteiger partial charge in [-0.05, 0) is 37.6 Å². The van der Waals surface area contributed by atoms with Gasteiger partial charge in [0.05, 0.1) is 16.6 Å². The van der Waals surface area contributed by atoms with Crippen LogP contribution in [0.1, 0.15) is 23.2 Å². The zero-order chi connectivity index (χ0) is 13.8. The van der Waals surface area contributed by atoms with E-state index in [1.807, 2.05) is 0 Å². The highest BCUT2D eigenvalue weighted by Crippen LogP contribution is 2.24. The van der Waals surface area contributed by atoms with E-state index in [1.165, 1.54) is 12.1 Å². The normalized spacial score (nSPS) is 18.9. The van der Waals surface area contributed by atoms with Gasteiger partial charge in [0.2, 0.25) is 11.8 Å². The maximum atomic E-state index is 12.1. The van der Waals surface area contributed by atoms with Crippen molar-refractivity contribution in [2.75, 3.05) is 18.4 Å². The Labute approximate surface area is 116 Å². The summed E-state index contributed by atoms with van der Waals surface area (Å²) >= 11 is 6.00. The van der Waals surface area contributed by atoms with E-state index in [4.69, 9.17) is 17.3 Å². The number of halogens is 1. The molecule has 0 saturated carbocycles. The summed E-state index contributed by atoms with van der Waals surface area (Å²) in [7, 11) is 0. The van der Waals surface area contributed by atoms with Gasteiger partial charge in [-0.15, -0.1) is 0 Å². The van der Waals surface area contributed by atoms with Gasteiger partial charge in [-0.1, -0.05) is 11.6 Å². The number of rotatable bonds is 3. The minimum absolute atomic E-state index is 0.0675. The van der Waals surface area contributed by atoms with Crippen LogP contribution in [0.3, 0.4) is 0 Å². The van der Waals surface area contributed by atoms with Crippen LogP contribution in [0.15, 0.2) is 18.2 Å². The number of primary amides is 1. The van der Waals surface area contributed by atoms with Gasteiger partial charge in [-0.2, -0.15) is 0 Å². The molecule has 0 radical (unpaired) electrons. The summed E-state index contributed by atoms with van der Waals surface area (Å²) in [5.74, 6) is -0.704. The molecule has 5 nitrogen and oxygen atoms in total. The Balaban J connectivity index is 2.11. The molecular weight excluding hydrogens is 266 g/mol. The molecule has 0 aliphatic carbocycles. The fourth-order valence-corrected chi connectivity index (χ4v) is 2.25. The number of carbonyl (C=O) groups excluding carboxylic acids is 2. The predicted molar refractivity (Wildman–Crippen MR) is 74.2 cm³/mol. The van der Waals surface area contributed by atoms with Gasteiger partial charge in [0.25, 0.3) is 0 Å². The first-order valence-corrected chi connectivity index (χ1v) is 6.56. The first-order chi connectivity index (χ1) is 9.08. The van der Waals surface area contributed by atoms with Crippen LogP contribution in [0, 0.1) is 5.92 Å². The Morgan fingerprint density at radius 1 is 1.42 bits per heavy atom. The highest BCUT2D eigenvalue weighted by molar-refractivity contribution is 6.33. The van der Waals surface area contributed by atoms with Crippen molar-refractivity contribution in [1.29, 1.82) is 0 Å². The molecule has 19 heavy (non-hydrogen) atoms. The van der Waals surface area contributed by atoms with Gasteiger partial charge < -0.3 is 16.4 Å². The molecule has 2 rings (SSSR count). The fourth-order valence-electron chi connectivity index (χ4n) is 2.08. The Bertz CT molecular complexity index is 499. The third-order valence-electron chi connectivity index (χ3n) is 3.18. The maximum Gasteiger partial charge on any atom is 0.248 e. The molecule has 1 heterocycles. The Morgan fingerprint density at radius 2 is 2.21 bits per heavy atom. The SMILES string of the molecule is NC(=O)c1ccc(Cl)c(NC(=O)C2CCCNC2)c1. The molecule has 0 spiro atoms. The van der Waals surface area contributed by atoms with Gasteiger partial charge in [-0.3, -0.25) is 9.59 Å². The zero-order valence-corrected chi connectivity index (χ0v) is 11.2. The van der Waals surface area contributed by atoms with Gasteiger partial charge in [0.1, 0.15) is 0 Å². The fraction of sp³-hybridized carbons (Fsp3) is 0.385. The van der Waals surface area contributed by atoms with E-state index >= 15 is 0 Å². The van der Waals surface area contributed by atoms with Crippen molar-refractivity contribution in [3.8, 4) is 0 Å². The molecule has 1 atom stereocenters. The number of nitrogens with one attached hydrogen (secondary N) is 2. The lowest BCUT2D eigenvalue weighted by Gasteiger charge is -2.22. The number of piperidine rings is 1. The predicted octanol–water partition coefficient (Wildman–Crippen LogP) is 1.38. The summed E-state index contributed by atoms with van der Waals surface area (Å²) in [4.78, 5) is 23.2. The molecule has 0 aromatic heterocycles. The zero-order valence-electron chi connectivity index (χ0n) is 10.4. The minimum Gasteiger partial charge on any atom is -0.366 e. The Hall–Kier alpha value is -1.59. The quantitative estimate of drug-likeness (QED) is 0.782. The second-order valence-electron chi connectivity index (χ2n) is 4.59. The molecule has 102 valence electrons. The lowest BCUT2D eigenvalue weighted by atomic mass is 9.98. The van der Waals surface area contributed by atoms with Crippen molar-refractivity contribution in [3.63, 3.8) is 0 Å². The molecule has 6 heteroatoms. The molecule has 1 unspecified atom stereocenters. The molecule has 0 bridgehead atoms. The Kier molecular flexibility index (Phi) is 4.39. The lowest BCUT2D eigenvalue weighted by molar-refractivity contribution is -0.120. The van der Waals surface area contributed by atoms with Crippen molar-refractivity contribution in [2.45, 2.75) is 12.8 Å². The smallest absolute Gasteiger partial charge is 0.248 e. The number of amides is 2. The summed E-state index contributed by atoms with van der Waals surface area (Å²) in [6.45, 7) is 1.61. The van der Waals surface area contributed by atoms with Crippen molar-refractivity contribution >= 4 is 29.1 Å². The van der Waals surface area contributed by atoms with E-state index in [2.05, 4.69) is 10.6 Å². The highest BCUT2D eigenvalue weighted by Gasteiger charge is 2.21. The summed E-state index contributed by atoms with van der Waals surface area (Å²) in [6, 6.07) is 4.58. The van der Waals surface area contributed by atoms with E-state index < -0.39 is 5.91 Å². The maximum absolute atomic E-state index is 12.1. The third kappa shape index (κ3) is 3.45. The van der Waals surface area contributed by atoms with Gasteiger partial charge in [0, 0.05) is 12.1 Å². The number of nitrogens with two attached hydrogens (primary N) is 1. The number of anilines is 1. The van der Waals surface area contributed by atoms with Crippen LogP contribution < -0.4 is 16.4 Å². The van der Waals surface area contributed by atoms with Crippen LogP contribution in [-0.4, -0.2) is 24.9 Å². The molecule has 4 N–H and O–H groups in total. The second kappa shape index (κ2) is 6.04. The standard InChI is InChI=1S/C13H16ClN3O2/c14-10-4-3-8(12(15)18)6-11(10)17-13(19)9-2-1-5-16-7-9/h3-4,6,9,16H,1-2,5,7H2,(H2,15,18)(H,17,19). The minimum atomic E-state index is -0.550. The van der Waals surface area contributed by atoms with E-state index in [9.17, 15) is 9.59 Å². The number of carbonyl (C=O) groups is 2. The van der Waals surface area contributed by atoms with Gasteiger partial charge in [0.15, 0.2) is 0 Å². The second-order valence-corrected chi connectivity index (χ2v) is 5.00. The monoisotopic (exact) mass is 281 g/mol. The summed E-state index contributed by atoms with van der Waals surface area (Å²) in [6.07, 6.45) is 1.83. The van der Waals surface area contributed by atoms with E-state index in [0.717, 1.165) is 19.4 Å². The first-order valence-electron chi connectivity index (χ1n) is 6.19. The summed E-state index contributed by atoms with van der Waals surface area (Å²) < 4.78 is 0. The number of hydrogen-bond acceptors (Lipinski definition) is 3. The molecule has 1 aromatic rings. The summed E-state index contributed by atoms with van der Waals surface area (Å²) in [5.41, 5.74) is 5.95. The van der Waals surface area contributed by atoms with Crippen molar-refractivity contribution < 1.29 is 9.59 Å².